The maximum absolute atomic E-state index is 12.7. The average Bonchev–Trinajstić information content (AvgIpc) is 3.43. The molecule has 10 heteroatoms. The van der Waals surface area contributed by atoms with Crippen LogP contribution in [0.1, 0.15) is 59.1 Å². The number of ether oxygens (including phenoxy) is 4. The molecule has 2 aromatic rings. The summed E-state index contributed by atoms with van der Waals surface area (Å²) in [6.07, 6.45) is 2.63. The molecule has 2 aliphatic rings. The van der Waals surface area contributed by atoms with Crippen molar-refractivity contribution < 1.29 is 23.7 Å². The van der Waals surface area contributed by atoms with Crippen molar-refractivity contribution in [3.05, 3.63) is 24.2 Å². The van der Waals surface area contributed by atoms with E-state index in [9.17, 15) is 10.1 Å². The normalized spacial score (nSPS) is 28.2. The predicted octanol–water partition coefficient (Wildman–Crippen LogP) is 2.71. The number of esters is 1. The largest absolute Gasteiger partial charge is 0.463 e. The number of nitrogen functional groups attached to an aromatic ring is 1. The lowest BCUT2D eigenvalue weighted by atomic mass is 9.92. The van der Waals surface area contributed by atoms with Crippen molar-refractivity contribution in [1.82, 2.24) is 14.6 Å². The van der Waals surface area contributed by atoms with Crippen molar-refractivity contribution in [1.29, 1.82) is 5.26 Å². The minimum absolute atomic E-state index is 0.0345. The highest BCUT2D eigenvalue weighted by molar-refractivity contribution is 5.72. The number of nitrogens with two attached hydrogens (primary N) is 1. The molecule has 0 spiro atoms. The number of anilines is 1. The topological polar surface area (TPSA) is 134 Å². The first-order valence-electron chi connectivity index (χ1n) is 11.5. The summed E-state index contributed by atoms with van der Waals surface area (Å²) < 4.78 is 25.7. The molecule has 0 aromatic carbocycles. The van der Waals surface area contributed by atoms with Crippen LogP contribution in [-0.4, -0.2) is 51.3 Å². The molecule has 4 heterocycles. The summed E-state index contributed by atoms with van der Waals surface area (Å²) in [6, 6.07) is 5.75. The van der Waals surface area contributed by atoms with E-state index in [4.69, 9.17) is 24.7 Å². The molecule has 33 heavy (non-hydrogen) atoms. The van der Waals surface area contributed by atoms with Crippen LogP contribution < -0.4 is 5.73 Å². The van der Waals surface area contributed by atoms with Crippen LogP contribution in [0.15, 0.2) is 18.5 Å². The summed E-state index contributed by atoms with van der Waals surface area (Å²) in [6.45, 7) is 7.63. The lowest BCUT2D eigenvalue weighted by Gasteiger charge is -2.29. The highest BCUT2D eigenvalue weighted by atomic mass is 16.8. The van der Waals surface area contributed by atoms with Gasteiger partial charge in [-0.05, 0) is 38.8 Å². The van der Waals surface area contributed by atoms with Gasteiger partial charge in [0.15, 0.2) is 11.6 Å². The molecule has 0 unspecified atom stereocenters. The molecule has 178 valence electrons. The number of carbonyl (C=O) groups is 1. The van der Waals surface area contributed by atoms with Crippen molar-refractivity contribution in [3.8, 4) is 6.07 Å². The van der Waals surface area contributed by atoms with Crippen LogP contribution >= 0.6 is 0 Å². The first kappa shape index (κ1) is 23.4. The molecule has 10 nitrogen and oxygen atoms in total. The van der Waals surface area contributed by atoms with Crippen molar-refractivity contribution in [2.45, 2.75) is 83.1 Å². The van der Waals surface area contributed by atoms with Gasteiger partial charge in [0.2, 0.25) is 5.60 Å². The maximum Gasteiger partial charge on any atom is 0.309 e. The number of nitriles is 1. The third-order valence-corrected chi connectivity index (χ3v) is 6.26. The average molecular weight is 458 g/mol. The number of fused-ring (bicyclic) bond motifs is 2. The summed E-state index contributed by atoms with van der Waals surface area (Å²) in [5, 5.41) is 14.6. The van der Waals surface area contributed by atoms with Crippen LogP contribution in [-0.2, 0) is 29.3 Å². The third-order valence-electron chi connectivity index (χ3n) is 6.26. The Morgan fingerprint density at radius 1 is 1.27 bits per heavy atom. The minimum Gasteiger partial charge on any atom is -0.463 e. The van der Waals surface area contributed by atoms with E-state index in [-0.39, 0.29) is 24.3 Å². The van der Waals surface area contributed by atoms with Crippen molar-refractivity contribution >= 4 is 17.3 Å². The molecule has 2 N–H and O–H groups in total. The Morgan fingerprint density at radius 2 is 2.00 bits per heavy atom. The molecule has 0 saturated carbocycles. The van der Waals surface area contributed by atoms with Crippen LogP contribution in [0, 0.1) is 17.2 Å². The molecule has 2 saturated heterocycles. The molecule has 0 aliphatic carbocycles. The SMILES string of the molecule is CCCC(CCC)C(=O)OC[C@H]1O[C@@](C#N)(c2ccc3c(N)ncnn23)[C@@H]2OC(C)(C)O[C@@H]21. The van der Waals surface area contributed by atoms with Crippen LogP contribution in [0.2, 0.25) is 0 Å². The summed E-state index contributed by atoms with van der Waals surface area (Å²) >= 11 is 0. The molecule has 0 radical (unpaired) electrons. The monoisotopic (exact) mass is 457 g/mol. The second kappa shape index (κ2) is 8.89. The van der Waals surface area contributed by atoms with Crippen LogP contribution in [0.5, 0.6) is 0 Å². The van der Waals surface area contributed by atoms with E-state index in [1.807, 2.05) is 13.8 Å². The first-order valence-corrected chi connectivity index (χ1v) is 11.5. The number of aromatic nitrogens is 3. The van der Waals surface area contributed by atoms with Gasteiger partial charge < -0.3 is 24.7 Å². The zero-order chi connectivity index (χ0) is 23.8. The van der Waals surface area contributed by atoms with E-state index in [2.05, 4.69) is 16.2 Å². The van der Waals surface area contributed by atoms with Gasteiger partial charge in [0.05, 0.1) is 11.6 Å². The van der Waals surface area contributed by atoms with Gasteiger partial charge in [-0.1, -0.05) is 26.7 Å². The fourth-order valence-corrected chi connectivity index (χ4v) is 4.82. The number of carbonyl (C=O) groups excluding carboxylic acids is 1. The Morgan fingerprint density at radius 3 is 2.67 bits per heavy atom. The molecule has 4 rings (SSSR count). The van der Waals surface area contributed by atoms with Gasteiger partial charge in [0.25, 0.3) is 0 Å². The number of hydrogen-bond acceptors (Lipinski definition) is 9. The number of hydrogen-bond donors (Lipinski definition) is 1. The smallest absolute Gasteiger partial charge is 0.309 e. The van der Waals surface area contributed by atoms with Crippen LogP contribution in [0.25, 0.3) is 5.52 Å². The van der Waals surface area contributed by atoms with Crippen molar-refractivity contribution in [3.63, 3.8) is 0 Å². The van der Waals surface area contributed by atoms with E-state index < -0.39 is 29.7 Å². The molecule has 4 atom stereocenters. The predicted molar refractivity (Wildman–Crippen MR) is 118 cm³/mol. The van der Waals surface area contributed by atoms with Gasteiger partial charge >= 0.3 is 5.97 Å². The Labute approximate surface area is 192 Å². The maximum atomic E-state index is 12.7. The summed E-state index contributed by atoms with van der Waals surface area (Å²) in [4.78, 5) is 16.7. The molecule has 0 bridgehead atoms. The van der Waals surface area contributed by atoms with Gasteiger partial charge in [0.1, 0.15) is 42.8 Å². The van der Waals surface area contributed by atoms with E-state index in [1.165, 1.54) is 10.8 Å². The molecule has 0 amide bonds. The summed E-state index contributed by atoms with van der Waals surface area (Å²) in [5.74, 6) is -1.05. The van der Waals surface area contributed by atoms with Gasteiger partial charge in [-0.3, -0.25) is 4.79 Å². The second-order valence-corrected chi connectivity index (χ2v) is 9.09. The van der Waals surface area contributed by atoms with E-state index >= 15 is 0 Å². The fraction of sp³-hybridized carbons (Fsp3) is 0.652. The van der Waals surface area contributed by atoms with E-state index in [0.29, 0.717) is 11.2 Å². The number of rotatable bonds is 8. The van der Waals surface area contributed by atoms with Gasteiger partial charge in [-0.2, -0.15) is 10.4 Å². The molecule has 2 fully saturated rings. The van der Waals surface area contributed by atoms with Crippen molar-refractivity contribution in [2.24, 2.45) is 5.92 Å². The van der Waals surface area contributed by atoms with Crippen LogP contribution in [0.4, 0.5) is 5.82 Å². The standard InChI is InChI=1S/C23H31N5O5/c1-5-7-14(8-6-2)21(29)30-11-16-18-19(33-22(3,4)32-18)23(12-24,31-16)17-10-9-15-20(25)26-13-27-28(15)17/h9-10,13-14,16,18-19H,5-8,11H2,1-4H3,(H2,25,26,27)/t16-,18-,19-,23+/m1/s1. The highest BCUT2D eigenvalue weighted by Gasteiger charge is 2.65. The van der Waals surface area contributed by atoms with Gasteiger partial charge in [0, 0.05) is 0 Å². The highest BCUT2D eigenvalue weighted by Crippen LogP contribution is 2.49. The lowest BCUT2D eigenvalue weighted by Crippen LogP contribution is -2.40. The Bertz CT molecular complexity index is 1060. The minimum atomic E-state index is -1.53. The van der Waals surface area contributed by atoms with E-state index in [0.717, 1.165) is 25.7 Å². The zero-order valence-electron chi connectivity index (χ0n) is 19.5. The van der Waals surface area contributed by atoms with Gasteiger partial charge in [-0.15, -0.1) is 0 Å². The van der Waals surface area contributed by atoms with Crippen LogP contribution in [0.3, 0.4) is 0 Å². The zero-order valence-corrected chi connectivity index (χ0v) is 19.5. The number of nitrogens with zero attached hydrogens (tertiary/aromatic N) is 4. The Balaban J connectivity index is 1.64. The van der Waals surface area contributed by atoms with Gasteiger partial charge in [-0.25, -0.2) is 9.50 Å². The molecular weight excluding hydrogens is 426 g/mol. The second-order valence-electron chi connectivity index (χ2n) is 9.09. The lowest BCUT2D eigenvalue weighted by molar-refractivity contribution is -0.207. The molecular formula is C23H31N5O5. The summed E-state index contributed by atoms with van der Waals surface area (Å²) in [5.41, 5.74) is 5.45. The third kappa shape index (κ3) is 4.05. The van der Waals surface area contributed by atoms with E-state index in [1.54, 1.807) is 26.0 Å². The fourth-order valence-electron chi connectivity index (χ4n) is 4.82. The Kier molecular flexibility index (Phi) is 6.31. The Hall–Kier alpha value is -2.74. The van der Waals surface area contributed by atoms with Crippen molar-refractivity contribution in [2.75, 3.05) is 12.3 Å². The molecule has 2 aliphatic heterocycles. The first-order chi connectivity index (χ1) is 15.8. The summed E-state index contributed by atoms with van der Waals surface area (Å²) in [7, 11) is 0. The quantitative estimate of drug-likeness (QED) is 0.594. The molecule has 2 aromatic heterocycles.